The molecule has 2 aliphatic rings. The number of anilines is 1. The van der Waals surface area contributed by atoms with Gasteiger partial charge in [0.2, 0.25) is 0 Å². The molecule has 1 aliphatic carbocycles. The number of nitrogens with zero attached hydrogens (tertiary/aromatic N) is 2. The molecule has 2 fully saturated rings. The summed E-state index contributed by atoms with van der Waals surface area (Å²) in [6, 6.07) is 7.99. The number of amides is 3. The Labute approximate surface area is 198 Å². The van der Waals surface area contributed by atoms with E-state index in [1.807, 2.05) is 32.9 Å². The average Bonchev–Trinajstić information content (AvgIpc) is 2.74. The predicted molar refractivity (Wildman–Crippen MR) is 131 cm³/mol. The lowest BCUT2D eigenvalue weighted by atomic mass is 9.96. The maximum absolute atomic E-state index is 12.6. The topological polar surface area (TPSA) is 71.1 Å². The van der Waals surface area contributed by atoms with E-state index in [4.69, 9.17) is 9.47 Å². The van der Waals surface area contributed by atoms with Crippen LogP contribution in [0.5, 0.6) is 0 Å². The normalized spacial score (nSPS) is 16.9. The van der Waals surface area contributed by atoms with E-state index in [2.05, 4.69) is 17.4 Å². The van der Waals surface area contributed by atoms with E-state index in [0.29, 0.717) is 32.3 Å². The average molecular weight is 460 g/mol. The first-order chi connectivity index (χ1) is 15.8. The zero-order valence-corrected chi connectivity index (χ0v) is 20.6. The maximum Gasteiger partial charge on any atom is 0.410 e. The first-order valence-corrected chi connectivity index (χ1v) is 12.5. The zero-order valence-electron chi connectivity index (χ0n) is 20.6. The highest BCUT2D eigenvalue weighted by molar-refractivity contribution is 5.89. The van der Waals surface area contributed by atoms with Gasteiger partial charge in [0, 0.05) is 38.5 Å². The summed E-state index contributed by atoms with van der Waals surface area (Å²) in [5.74, 6) is 0. The van der Waals surface area contributed by atoms with Gasteiger partial charge in [-0.2, -0.15) is 0 Å². The van der Waals surface area contributed by atoms with E-state index in [1.54, 1.807) is 9.80 Å². The second kappa shape index (κ2) is 12.3. The van der Waals surface area contributed by atoms with E-state index in [0.717, 1.165) is 25.1 Å². The SMILES string of the molecule is CC(C)(C)OC(=O)N1CCN(C(=O)Nc2ccc(CCCCCCOC3CCC3)cc2)CC1. The smallest absolute Gasteiger partial charge is 0.410 e. The van der Waals surface area contributed by atoms with Gasteiger partial charge < -0.3 is 24.6 Å². The lowest BCUT2D eigenvalue weighted by molar-refractivity contribution is 0.000621. The van der Waals surface area contributed by atoms with Crippen LogP contribution >= 0.6 is 0 Å². The summed E-state index contributed by atoms with van der Waals surface area (Å²) >= 11 is 0. The van der Waals surface area contributed by atoms with Crippen LogP contribution in [-0.4, -0.2) is 66.4 Å². The number of hydrogen-bond acceptors (Lipinski definition) is 4. The van der Waals surface area contributed by atoms with Gasteiger partial charge in [-0.05, 0) is 77.0 Å². The number of urea groups is 1. The van der Waals surface area contributed by atoms with Crippen molar-refractivity contribution in [3.05, 3.63) is 29.8 Å². The Morgan fingerprint density at radius 1 is 0.939 bits per heavy atom. The molecule has 1 saturated carbocycles. The van der Waals surface area contributed by atoms with Gasteiger partial charge in [0.05, 0.1) is 6.10 Å². The molecule has 0 atom stereocenters. The van der Waals surface area contributed by atoms with Crippen LogP contribution in [0.25, 0.3) is 0 Å². The fourth-order valence-electron chi connectivity index (χ4n) is 3.95. The van der Waals surface area contributed by atoms with Crippen molar-refractivity contribution in [1.82, 2.24) is 9.80 Å². The van der Waals surface area contributed by atoms with Gasteiger partial charge in [0.1, 0.15) is 5.60 Å². The summed E-state index contributed by atoms with van der Waals surface area (Å²) < 4.78 is 11.2. The number of benzene rings is 1. The summed E-state index contributed by atoms with van der Waals surface area (Å²) in [5, 5.41) is 2.97. The van der Waals surface area contributed by atoms with E-state index in [9.17, 15) is 9.59 Å². The molecule has 0 radical (unpaired) electrons. The van der Waals surface area contributed by atoms with Gasteiger partial charge in [-0.15, -0.1) is 0 Å². The molecular weight excluding hydrogens is 418 g/mol. The molecule has 1 aliphatic heterocycles. The number of carbonyl (C=O) groups is 2. The molecule has 3 rings (SSSR count). The van der Waals surface area contributed by atoms with Crippen molar-refractivity contribution < 1.29 is 19.1 Å². The zero-order chi connectivity index (χ0) is 23.7. The Morgan fingerprint density at radius 2 is 1.58 bits per heavy atom. The molecule has 1 saturated heterocycles. The largest absolute Gasteiger partial charge is 0.444 e. The molecule has 7 nitrogen and oxygen atoms in total. The highest BCUT2D eigenvalue weighted by atomic mass is 16.6. The van der Waals surface area contributed by atoms with Crippen molar-refractivity contribution in [3.8, 4) is 0 Å². The van der Waals surface area contributed by atoms with Crippen molar-refractivity contribution >= 4 is 17.8 Å². The molecule has 0 unspecified atom stereocenters. The fourth-order valence-corrected chi connectivity index (χ4v) is 3.95. The molecule has 0 spiro atoms. The predicted octanol–water partition coefficient (Wildman–Crippen LogP) is 5.44. The summed E-state index contributed by atoms with van der Waals surface area (Å²) in [7, 11) is 0. The third-order valence-corrected chi connectivity index (χ3v) is 6.19. The number of hydrogen-bond donors (Lipinski definition) is 1. The number of unbranched alkanes of at least 4 members (excludes halogenated alkanes) is 3. The van der Waals surface area contributed by atoms with Crippen LogP contribution in [0.15, 0.2) is 24.3 Å². The summed E-state index contributed by atoms with van der Waals surface area (Å²) in [5.41, 5.74) is 1.58. The van der Waals surface area contributed by atoms with Crippen LogP contribution in [0.1, 0.15) is 71.3 Å². The van der Waals surface area contributed by atoms with E-state index in [1.165, 1.54) is 44.1 Å². The minimum absolute atomic E-state index is 0.129. The number of piperazine rings is 1. The maximum atomic E-state index is 12.6. The van der Waals surface area contributed by atoms with Gasteiger partial charge in [-0.3, -0.25) is 0 Å². The first-order valence-electron chi connectivity index (χ1n) is 12.5. The number of nitrogens with one attached hydrogen (secondary N) is 1. The highest BCUT2D eigenvalue weighted by Gasteiger charge is 2.27. The van der Waals surface area contributed by atoms with Gasteiger partial charge in [0.25, 0.3) is 0 Å². The van der Waals surface area contributed by atoms with Crippen molar-refractivity contribution in [3.63, 3.8) is 0 Å². The molecular formula is C26H41N3O4. The Kier molecular flexibility index (Phi) is 9.41. The Morgan fingerprint density at radius 3 is 2.18 bits per heavy atom. The number of rotatable bonds is 9. The fraction of sp³-hybridized carbons (Fsp3) is 0.692. The third-order valence-electron chi connectivity index (χ3n) is 6.19. The van der Waals surface area contributed by atoms with Gasteiger partial charge in [-0.1, -0.05) is 25.0 Å². The van der Waals surface area contributed by atoms with Crippen LogP contribution in [0.2, 0.25) is 0 Å². The lowest BCUT2D eigenvalue weighted by Gasteiger charge is -2.35. The van der Waals surface area contributed by atoms with Gasteiger partial charge >= 0.3 is 12.1 Å². The molecule has 0 aromatic heterocycles. The molecule has 7 heteroatoms. The minimum atomic E-state index is -0.512. The van der Waals surface area contributed by atoms with Crippen LogP contribution < -0.4 is 5.32 Å². The van der Waals surface area contributed by atoms with Crippen LogP contribution in [0.4, 0.5) is 15.3 Å². The third kappa shape index (κ3) is 8.88. The summed E-state index contributed by atoms with van der Waals surface area (Å²) in [6.07, 6.45) is 9.91. The second-order valence-electron chi connectivity index (χ2n) is 10.2. The molecule has 3 amide bonds. The Hall–Kier alpha value is -2.28. The van der Waals surface area contributed by atoms with Crippen molar-refractivity contribution in [2.24, 2.45) is 0 Å². The molecule has 1 aromatic carbocycles. The Balaban J connectivity index is 1.29. The van der Waals surface area contributed by atoms with Crippen molar-refractivity contribution in [2.75, 3.05) is 38.1 Å². The van der Waals surface area contributed by atoms with Crippen LogP contribution in [0, 0.1) is 0 Å². The molecule has 1 N–H and O–H groups in total. The van der Waals surface area contributed by atoms with E-state index >= 15 is 0 Å². The van der Waals surface area contributed by atoms with E-state index < -0.39 is 5.60 Å². The molecule has 33 heavy (non-hydrogen) atoms. The van der Waals surface area contributed by atoms with Gasteiger partial charge in [0.15, 0.2) is 0 Å². The van der Waals surface area contributed by atoms with Gasteiger partial charge in [-0.25, -0.2) is 9.59 Å². The lowest BCUT2D eigenvalue weighted by Crippen LogP contribution is -2.52. The number of carbonyl (C=O) groups excluding carboxylic acids is 2. The summed E-state index contributed by atoms with van der Waals surface area (Å²) in [4.78, 5) is 28.2. The quantitative estimate of drug-likeness (QED) is 0.499. The van der Waals surface area contributed by atoms with Crippen molar-refractivity contribution in [1.29, 1.82) is 0 Å². The van der Waals surface area contributed by atoms with Crippen molar-refractivity contribution in [2.45, 2.75) is 83.8 Å². The molecule has 0 bridgehead atoms. The number of ether oxygens (including phenoxy) is 2. The molecule has 1 heterocycles. The molecule has 184 valence electrons. The summed E-state index contributed by atoms with van der Waals surface area (Å²) in [6.45, 7) is 8.42. The van der Waals surface area contributed by atoms with E-state index in [-0.39, 0.29) is 12.1 Å². The Bertz CT molecular complexity index is 748. The van der Waals surface area contributed by atoms with Crippen LogP contribution in [0.3, 0.4) is 0 Å². The molecule has 1 aromatic rings. The monoisotopic (exact) mass is 459 g/mol. The number of aryl methyl sites for hydroxylation is 1. The highest BCUT2D eigenvalue weighted by Crippen LogP contribution is 2.22. The first kappa shape index (κ1) is 25.3. The standard InChI is InChI=1S/C26H41N3O4/c1-26(2,3)33-25(31)29-18-16-28(17-19-29)24(30)27-22-14-12-21(13-15-22)9-6-4-5-7-20-32-23-10-8-11-23/h12-15,23H,4-11,16-20H2,1-3H3,(H,27,30). The minimum Gasteiger partial charge on any atom is -0.444 e. The van der Waals surface area contributed by atoms with Crippen LogP contribution in [-0.2, 0) is 15.9 Å². The second-order valence-corrected chi connectivity index (χ2v) is 10.2.